The third-order valence-corrected chi connectivity index (χ3v) is 4.88. The Kier molecular flexibility index (Phi) is 3.69. The van der Waals surface area contributed by atoms with Crippen molar-refractivity contribution in [2.45, 2.75) is 50.6 Å². The Bertz CT molecular complexity index is 236. The van der Waals surface area contributed by atoms with Gasteiger partial charge in [-0.15, -0.1) is 0 Å². The Morgan fingerprint density at radius 2 is 1.47 bits per heavy atom. The topological polar surface area (TPSA) is 32.5 Å². The Hall–Kier alpha value is -0.120. The summed E-state index contributed by atoms with van der Waals surface area (Å²) in [6.45, 7) is 6.58. The third kappa shape index (κ3) is 3.21. The number of nitrogens with zero attached hydrogens (tertiary/aromatic N) is 2. The monoisotopic (exact) mass is 237 g/mol. The molecule has 98 valence electrons. The summed E-state index contributed by atoms with van der Waals surface area (Å²) < 4.78 is 0. The maximum Gasteiger partial charge on any atom is 0.0113 e. The largest absolute Gasteiger partial charge is 0.328 e. The van der Waals surface area contributed by atoms with Crippen LogP contribution in [0.3, 0.4) is 0 Å². The predicted molar refractivity (Wildman–Crippen MR) is 71.0 cm³/mol. The fourth-order valence-electron chi connectivity index (χ4n) is 3.49. The van der Waals surface area contributed by atoms with E-state index in [1.165, 1.54) is 71.2 Å². The van der Waals surface area contributed by atoms with Gasteiger partial charge in [0.05, 0.1) is 0 Å². The molecule has 0 aromatic carbocycles. The van der Waals surface area contributed by atoms with Crippen molar-refractivity contribution in [2.24, 2.45) is 11.7 Å². The van der Waals surface area contributed by atoms with Crippen LogP contribution in [-0.2, 0) is 0 Å². The second-order valence-corrected chi connectivity index (χ2v) is 6.35. The molecule has 2 N–H and O–H groups in total. The van der Waals surface area contributed by atoms with Gasteiger partial charge in [-0.2, -0.15) is 0 Å². The number of piperazine rings is 1. The highest BCUT2D eigenvalue weighted by atomic mass is 15.3. The zero-order valence-electron chi connectivity index (χ0n) is 11.0. The number of hydrogen-bond acceptors (Lipinski definition) is 3. The van der Waals surface area contributed by atoms with Crippen LogP contribution in [0.25, 0.3) is 0 Å². The van der Waals surface area contributed by atoms with Crippen molar-refractivity contribution in [3.05, 3.63) is 0 Å². The predicted octanol–water partition coefficient (Wildman–Crippen LogP) is 1.28. The van der Waals surface area contributed by atoms with E-state index in [0.717, 1.165) is 12.0 Å². The van der Waals surface area contributed by atoms with Crippen LogP contribution in [0.4, 0.5) is 0 Å². The smallest absolute Gasteiger partial charge is 0.0113 e. The van der Waals surface area contributed by atoms with Crippen molar-refractivity contribution in [3.8, 4) is 0 Å². The number of rotatable bonds is 3. The van der Waals surface area contributed by atoms with E-state index in [1.807, 2.05) is 0 Å². The highest BCUT2D eigenvalue weighted by Crippen LogP contribution is 2.28. The average Bonchev–Trinajstić information content (AvgIpc) is 3.17. The summed E-state index contributed by atoms with van der Waals surface area (Å²) in [4.78, 5) is 5.40. The van der Waals surface area contributed by atoms with Gasteiger partial charge in [-0.05, 0) is 44.4 Å². The molecule has 3 heteroatoms. The van der Waals surface area contributed by atoms with Gasteiger partial charge in [0.1, 0.15) is 0 Å². The van der Waals surface area contributed by atoms with Gasteiger partial charge in [0.2, 0.25) is 0 Å². The van der Waals surface area contributed by atoms with Crippen LogP contribution in [-0.4, -0.2) is 54.6 Å². The summed E-state index contributed by atoms with van der Waals surface area (Å²) in [5.41, 5.74) is 5.97. The summed E-state index contributed by atoms with van der Waals surface area (Å²) in [7, 11) is 0. The van der Waals surface area contributed by atoms with Crippen LogP contribution in [0.5, 0.6) is 0 Å². The maximum atomic E-state index is 5.97. The third-order valence-electron chi connectivity index (χ3n) is 4.88. The zero-order valence-corrected chi connectivity index (χ0v) is 11.0. The molecule has 3 rings (SSSR count). The first kappa shape index (κ1) is 11.9. The molecule has 0 spiro atoms. The van der Waals surface area contributed by atoms with E-state index >= 15 is 0 Å². The lowest BCUT2D eigenvalue weighted by Crippen LogP contribution is -2.48. The van der Waals surface area contributed by atoms with Crippen LogP contribution in [0.1, 0.15) is 38.5 Å². The normalized spacial score (nSPS) is 37.2. The van der Waals surface area contributed by atoms with Gasteiger partial charge < -0.3 is 10.6 Å². The van der Waals surface area contributed by atoms with Gasteiger partial charge in [0.25, 0.3) is 0 Å². The molecule has 2 aliphatic carbocycles. The van der Waals surface area contributed by atoms with Crippen molar-refractivity contribution >= 4 is 0 Å². The lowest BCUT2D eigenvalue weighted by atomic mass is 9.86. The van der Waals surface area contributed by atoms with Crippen LogP contribution >= 0.6 is 0 Å². The highest BCUT2D eigenvalue weighted by Gasteiger charge is 2.31. The SMILES string of the molecule is NC1CCC(CN2CCN(C3CC3)CC2)CC1. The van der Waals surface area contributed by atoms with E-state index in [-0.39, 0.29) is 0 Å². The van der Waals surface area contributed by atoms with Crippen molar-refractivity contribution in [2.75, 3.05) is 32.7 Å². The molecular weight excluding hydrogens is 210 g/mol. The second-order valence-electron chi connectivity index (χ2n) is 6.35. The van der Waals surface area contributed by atoms with Gasteiger partial charge in [0, 0.05) is 44.8 Å². The first-order valence-corrected chi connectivity index (χ1v) is 7.53. The molecule has 0 unspecified atom stereocenters. The molecule has 17 heavy (non-hydrogen) atoms. The Morgan fingerprint density at radius 1 is 0.824 bits per heavy atom. The molecule has 0 aromatic heterocycles. The minimum Gasteiger partial charge on any atom is -0.328 e. The second kappa shape index (κ2) is 5.25. The molecule has 3 nitrogen and oxygen atoms in total. The summed E-state index contributed by atoms with van der Waals surface area (Å²) in [5.74, 6) is 0.933. The molecule has 1 saturated heterocycles. The summed E-state index contributed by atoms with van der Waals surface area (Å²) in [6, 6.07) is 1.46. The standard InChI is InChI=1S/C14H27N3/c15-13-3-1-12(2-4-13)11-16-7-9-17(10-8-16)14-5-6-14/h12-14H,1-11,15H2. The molecule has 0 amide bonds. The van der Waals surface area contributed by atoms with Gasteiger partial charge in [0.15, 0.2) is 0 Å². The minimum absolute atomic E-state index is 0.498. The quantitative estimate of drug-likeness (QED) is 0.803. The number of nitrogens with two attached hydrogens (primary N) is 1. The molecule has 1 heterocycles. The van der Waals surface area contributed by atoms with E-state index in [2.05, 4.69) is 9.80 Å². The van der Waals surface area contributed by atoms with E-state index < -0.39 is 0 Å². The van der Waals surface area contributed by atoms with E-state index in [1.54, 1.807) is 0 Å². The van der Waals surface area contributed by atoms with E-state index in [0.29, 0.717) is 6.04 Å². The Labute approximate surface area is 105 Å². The van der Waals surface area contributed by atoms with Crippen LogP contribution in [0.2, 0.25) is 0 Å². The molecule has 2 saturated carbocycles. The lowest BCUT2D eigenvalue weighted by molar-refractivity contribution is 0.104. The molecule has 0 bridgehead atoms. The van der Waals surface area contributed by atoms with Crippen molar-refractivity contribution < 1.29 is 0 Å². The summed E-state index contributed by atoms with van der Waals surface area (Å²) >= 11 is 0. The molecule has 0 radical (unpaired) electrons. The van der Waals surface area contributed by atoms with Gasteiger partial charge in [-0.25, -0.2) is 0 Å². The molecule has 1 aliphatic heterocycles. The van der Waals surface area contributed by atoms with Gasteiger partial charge in [-0.3, -0.25) is 4.90 Å². The lowest BCUT2D eigenvalue weighted by Gasteiger charge is -2.37. The molecule has 0 atom stereocenters. The van der Waals surface area contributed by atoms with Crippen molar-refractivity contribution in [1.82, 2.24) is 9.80 Å². The Balaban J connectivity index is 1.38. The van der Waals surface area contributed by atoms with Gasteiger partial charge in [-0.1, -0.05) is 0 Å². The maximum absolute atomic E-state index is 5.97. The van der Waals surface area contributed by atoms with Crippen LogP contribution in [0, 0.1) is 5.92 Å². The van der Waals surface area contributed by atoms with Crippen LogP contribution < -0.4 is 5.73 Å². The fourth-order valence-corrected chi connectivity index (χ4v) is 3.49. The fraction of sp³-hybridized carbons (Fsp3) is 1.00. The highest BCUT2D eigenvalue weighted by molar-refractivity contribution is 4.88. The van der Waals surface area contributed by atoms with E-state index in [9.17, 15) is 0 Å². The molecule has 3 fully saturated rings. The Morgan fingerprint density at radius 3 is 2.06 bits per heavy atom. The first-order chi connectivity index (χ1) is 8.31. The summed E-state index contributed by atoms with van der Waals surface area (Å²) in [5, 5.41) is 0. The van der Waals surface area contributed by atoms with Crippen molar-refractivity contribution in [3.63, 3.8) is 0 Å². The first-order valence-electron chi connectivity index (χ1n) is 7.53. The van der Waals surface area contributed by atoms with Gasteiger partial charge >= 0.3 is 0 Å². The number of hydrogen-bond donors (Lipinski definition) is 1. The summed E-state index contributed by atoms with van der Waals surface area (Å²) in [6.07, 6.45) is 8.16. The van der Waals surface area contributed by atoms with Crippen molar-refractivity contribution in [1.29, 1.82) is 0 Å². The molecule has 3 aliphatic rings. The average molecular weight is 237 g/mol. The van der Waals surface area contributed by atoms with E-state index in [4.69, 9.17) is 5.73 Å². The van der Waals surface area contributed by atoms with Crippen LogP contribution in [0.15, 0.2) is 0 Å². The molecule has 0 aromatic rings. The minimum atomic E-state index is 0.498. The zero-order chi connectivity index (χ0) is 11.7. The molecular formula is C14H27N3.